The Morgan fingerprint density at radius 3 is 2.72 bits per heavy atom. The van der Waals surface area contributed by atoms with Gasteiger partial charge in [-0.05, 0) is 98.5 Å². The minimum absolute atomic E-state index is 0.244. The zero-order chi connectivity index (χ0) is 27.8. The number of nitrogens with zero attached hydrogens (tertiary/aromatic N) is 1. The van der Waals surface area contributed by atoms with Crippen molar-refractivity contribution < 1.29 is 19.7 Å². The molecular weight excluding hydrogens is 486 g/mol. The van der Waals surface area contributed by atoms with Crippen LogP contribution in [0.15, 0.2) is 58.3 Å². The van der Waals surface area contributed by atoms with E-state index in [4.69, 9.17) is 9.40 Å². The summed E-state index contributed by atoms with van der Waals surface area (Å²) in [5, 5.41) is 31.6. The molecular formula is C34H49NO4. The highest BCUT2D eigenvalue weighted by Gasteiger charge is 2.54. The van der Waals surface area contributed by atoms with E-state index in [1.807, 2.05) is 6.08 Å². The number of hydrogen-bond acceptors (Lipinski definition) is 5. The van der Waals surface area contributed by atoms with Crippen LogP contribution in [0, 0.1) is 23.2 Å². The van der Waals surface area contributed by atoms with Gasteiger partial charge in [0.1, 0.15) is 6.26 Å². The lowest BCUT2D eigenvalue weighted by atomic mass is 9.61. The van der Waals surface area contributed by atoms with Gasteiger partial charge >= 0.3 is 0 Å². The number of rotatable bonds is 9. The summed E-state index contributed by atoms with van der Waals surface area (Å²) in [7, 11) is 0. The summed E-state index contributed by atoms with van der Waals surface area (Å²) >= 11 is 0. The van der Waals surface area contributed by atoms with Crippen LogP contribution in [-0.2, 0) is 11.8 Å². The number of allylic oxidation sites excluding steroid dienone is 4. The second-order valence-corrected chi connectivity index (χ2v) is 13.3. The molecule has 0 radical (unpaired) electrons. The summed E-state index contributed by atoms with van der Waals surface area (Å²) in [6.07, 6.45) is 20.7. The molecule has 5 rings (SSSR count). The molecule has 0 saturated heterocycles. The van der Waals surface area contributed by atoms with E-state index in [0.717, 1.165) is 55.4 Å². The first kappa shape index (κ1) is 28.6. The van der Waals surface area contributed by atoms with Crippen LogP contribution >= 0.6 is 0 Å². The van der Waals surface area contributed by atoms with Gasteiger partial charge in [-0.2, -0.15) is 0 Å². The van der Waals surface area contributed by atoms with Gasteiger partial charge in [-0.1, -0.05) is 63.6 Å². The van der Waals surface area contributed by atoms with Crippen molar-refractivity contribution in [3.05, 3.63) is 65.5 Å². The maximum atomic E-state index is 11.2. The number of aromatic nitrogens is 1. The molecule has 0 bridgehead atoms. The van der Waals surface area contributed by atoms with Crippen molar-refractivity contribution in [3.8, 4) is 0 Å². The summed E-state index contributed by atoms with van der Waals surface area (Å²) in [5.74, 6) is 2.23. The fourth-order valence-corrected chi connectivity index (χ4v) is 7.99. The van der Waals surface area contributed by atoms with Gasteiger partial charge < -0.3 is 19.7 Å². The third-order valence-electron chi connectivity index (χ3n) is 10.7. The normalized spacial score (nSPS) is 36.0. The van der Waals surface area contributed by atoms with Crippen molar-refractivity contribution in [2.45, 2.75) is 122 Å². The lowest BCUT2D eigenvalue weighted by Gasteiger charge is -2.44. The highest BCUT2D eigenvalue weighted by Crippen LogP contribution is 2.60. The van der Waals surface area contributed by atoms with Crippen LogP contribution in [-0.4, -0.2) is 38.6 Å². The van der Waals surface area contributed by atoms with E-state index in [1.54, 1.807) is 6.26 Å². The number of unbranched alkanes of at least 4 members (excludes halogenated alkanes) is 1. The number of oxazole rings is 1. The predicted molar refractivity (Wildman–Crippen MR) is 155 cm³/mol. The molecule has 3 N–H and O–H groups in total. The summed E-state index contributed by atoms with van der Waals surface area (Å²) in [6, 6.07) is 0. The third kappa shape index (κ3) is 5.64. The Labute approximate surface area is 234 Å². The highest BCUT2D eigenvalue weighted by molar-refractivity contribution is 5.38. The van der Waals surface area contributed by atoms with E-state index < -0.39 is 18.3 Å². The number of aryl methyl sites for hydroxylation is 1. The van der Waals surface area contributed by atoms with E-state index in [-0.39, 0.29) is 10.8 Å². The fraction of sp³-hybridized carbons (Fsp3) is 0.676. The van der Waals surface area contributed by atoms with Crippen molar-refractivity contribution in [3.63, 3.8) is 0 Å². The quantitative estimate of drug-likeness (QED) is 0.305. The summed E-state index contributed by atoms with van der Waals surface area (Å²) in [5.41, 5.74) is 4.16. The zero-order valence-electron chi connectivity index (χ0n) is 24.2. The molecule has 4 aliphatic rings. The first-order valence-electron chi connectivity index (χ1n) is 15.4. The molecule has 5 nitrogen and oxygen atoms in total. The standard InChI is InChI=1S/C34H49NO4/c1-5-6-9-26-21-39-32(35-26)34(17-18-34)31(38)15-10-22(2)28-13-14-29-24(8-7-16-33(28,29)4)11-12-25-19-27(36)20-30(37)23(25)3/h10-12,15,21-22,27-31,36-38H,3,5-9,13-14,16-20H2,1-2,4H3/b15-10+,24-11+,25-12-/t22-,27-,28-,29+,30+,31+,33-/m1/s1. The largest absolute Gasteiger partial charge is 0.448 e. The number of aliphatic hydroxyl groups is 3. The maximum Gasteiger partial charge on any atom is 0.203 e. The topological polar surface area (TPSA) is 86.7 Å². The lowest BCUT2D eigenvalue weighted by Crippen LogP contribution is -2.35. The Kier molecular flexibility index (Phi) is 8.43. The molecule has 1 aromatic heterocycles. The van der Waals surface area contributed by atoms with E-state index in [0.29, 0.717) is 36.5 Å². The molecule has 214 valence electrons. The van der Waals surface area contributed by atoms with E-state index in [1.165, 1.54) is 31.3 Å². The molecule has 4 fully saturated rings. The van der Waals surface area contributed by atoms with Gasteiger partial charge in [-0.15, -0.1) is 0 Å². The van der Waals surface area contributed by atoms with E-state index in [9.17, 15) is 15.3 Å². The Morgan fingerprint density at radius 2 is 1.97 bits per heavy atom. The SMILES string of the molecule is C=C1/C(=C\C=C2/CCC[C@]3(C)[C@@H]([C@H](C)/C=C/[C@H](O)C4(c5nc(CCCC)co5)CC4)CC[C@@H]23)C[C@@H](O)C[C@@H]1O. The lowest BCUT2D eigenvalue weighted by molar-refractivity contribution is 0.0862. The van der Waals surface area contributed by atoms with Crippen molar-refractivity contribution >= 4 is 0 Å². The average molecular weight is 536 g/mol. The van der Waals surface area contributed by atoms with Gasteiger partial charge in [0.25, 0.3) is 0 Å². The molecule has 0 aliphatic heterocycles. The molecule has 1 heterocycles. The average Bonchev–Trinajstić information content (AvgIpc) is 3.44. The first-order valence-corrected chi connectivity index (χ1v) is 15.4. The van der Waals surface area contributed by atoms with Crippen LogP contribution in [0.2, 0.25) is 0 Å². The van der Waals surface area contributed by atoms with Crippen LogP contribution in [0.3, 0.4) is 0 Å². The third-order valence-corrected chi connectivity index (χ3v) is 10.7. The smallest absolute Gasteiger partial charge is 0.203 e. The van der Waals surface area contributed by atoms with Crippen molar-refractivity contribution in [2.75, 3.05) is 0 Å². The van der Waals surface area contributed by atoms with Gasteiger partial charge in [-0.25, -0.2) is 4.98 Å². The number of hydrogen-bond donors (Lipinski definition) is 3. The molecule has 0 unspecified atom stereocenters. The van der Waals surface area contributed by atoms with Crippen molar-refractivity contribution in [2.24, 2.45) is 23.2 Å². The molecule has 0 aromatic carbocycles. The van der Waals surface area contributed by atoms with Crippen LogP contribution in [0.5, 0.6) is 0 Å². The fourth-order valence-electron chi connectivity index (χ4n) is 7.99. The van der Waals surface area contributed by atoms with Crippen molar-refractivity contribution in [1.82, 2.24) is 4.98 Å². The minimum atomic E-state index is -0.643. The van der Waals surface area contributed by atoms with Gasteiger partial charge in [0.15, 0.2) is 0 Å². The number of aliphatic hydroxyl groups excluding tert-OH is 3. The Morgan fingerprint density at radius 1 is 1.18 bits per heavy atom. The Hall–Kier alpha value is -1.95. The highest BCUT2D eigenvalue weighted by atomic mass is 16.3. The van der Waals surface area contributed by atoms with Gasteiger partial charge in [-0.3, -0.25) is 0 Å². The molecule has 1 aromatic rings. The summed E-state index contributed by atoms with van der Waals surface area (Å²) in [4.78, 5) is 4.74. The monoisotopic (exact) mass is 535 g/mol. The van der Waals surface area contributed by atoms with E-state index in [2.05, 4.69) is 45.6 Å². The van der Waals surface area contributed by atoms with Crippen LogP contribution in [0.25, 0.3) is 0 Å². The zero-order valence-corrected chi connectivity index (χ0v) is 24.2. The van der Waals surface area contributed by atoms with Crippen molar-refractivity contribution in [1.29, 1.82) is 0 Å². The molecule has 4 saturated carbocycles. The molecule has 4 aliphatic carbocycles. The summed E-state index contributed by atoms with van der Waals surface area (Å²) in [6.45, 7) is 11.1. The molecule has 5 heteroatoms. The second-order valence-electron chi connectivity index (χ2n) is 13.3. The Balaban J connectivity index is 1.26. The molecule has 7 atom stereocenters. The predicted octanol–water partition coefficient (Wildman–Crippen LogP) is 6.74. The maximum absolute atomic E-state index is 11.2. The number of fused-ring (bicyclic) bond motifs is 1. The molecule has 39 heavy (non-hydrogen) atoms. The second kappa shape index (κ2) is 11.5. The van der Waals surface area contributed by atoms with Crippen LogP contribution < -0.4 is 0 Å². The molecule has 0 amide bonds. The van der Waals surface area contributed by atoms with Gasteiger partial charge in [0.2, 0.25) is 5.89 Å². The van der Waals surface area contributed by atoms with E-state index >= 15 is 0 Å². The van der Waals surface area contributed by atoms with Crippen LogP contribution in [0.1, 0.15) is 103 Å². The minimum Gasteiger partial charge on any atom is -0.448 e. The van der Waals surface area contributed by atoms with Gasteiger partial charge in [0, 0.05) is 6.42 Å². The van der Waals surface area contributed by atoms with Gasteiger partial charge in [0.05, 0.1) is 29.4 Å². The molecule has 0 spiro atoms. The summed E-state index contributed by atoms with van der Waals surface area (Å²) < 4.78 is 5.85. The van der Waals surface area contributed by atoms with Crippen LogP contribution in [0.4, 0.5) is 0 Å². The first-order chi connectivity index (χ1) is 18.7. The Bertz CT molecular complexity index is 1120.